The van der Waals surface area contributed by atoms with Gasteiger partial charge in [-0.3, -0.25) is 0 Å². The van der Waals surface area contributed by atoms with E-state index in [1.807, 2.05) is 19.9 Å². The van der Waals surface area contributed by atoms with Crippen LogP contribution in [0.2, 0.25) is 0 Å². The lowest BCUT2D eigenvalue weighted by Crippen LogP contribution is -2.65. The molecule has 3 N–H and O–H groups in total. The Balaban J connectivity index is 1.41. The standard InChI is InChI=1S/C36H58O7/c1-11-20(2)30(39)43-28-15-17-35(8)25-14-16-34(7)22(21-18-23(42-31(21)41-10)29(38)33(5,6)40)12-13-24(34)36(25,9)27(37)19-26(35)32(28,3)4/h11,13,21-23,25-29,31,37-38,40H,12,14-19H2,1-10H3. The molecule has 7 nitrogen and oxygen atoms in total. The fourth-order valence-electron chi connectivity index (χ4n) is 11.1. The number of carbonyl (C=O) groups excluding carboxylic acids is 1. The molecule has 1 heterocycles. The third-order valence-electron chi connectivity index (χ3n) is 13.7. The van der Waals surface area contributed by atoms with Gasteiger partial charge in [0.25, 0.3) is 0 Å². The van der Waals surface area contributed by atoms with Crippen LogP contribution in [0, 0.1) is 45.3 Å². The van der Waals surface area contributed by atoms with Gasteiger partial charge in [0.2, 0.25) is 0 Å². The van der Waals surface area contributed by atoms with Crippen LogP contribution in [0.15, 0.2) is 23.3 Å². The van der Waals surface area contributed by atoms with E-state index >= 15 is 0 Å². The molecule has 0 amide bonds. The van der Waals surface area contributed by atoms with Gasteiger partial charge in [-0.2, -0.15) is 0 Å². The monoisotopic (exact) mass is 602 g/mol. The van der Waals surface area contributed by atoms with Crippen LogP contribution in [-0.2, 0) is 19.0 Å². The van der Waals surface area contributed by atoms with E-state index in [9.17, 15) is 20.1 Å². The fraction of sp³-hybridized carbons (Fsp3) is 0.861. The van der Waals surface area contributed by atoms with Crippen molar-refractivity contribution < 1.29 is 34.3 Å². The zero-order valence-corrected chi connectivity index (χ0v) is 28.3. The summed E-state index contributed by atoms with van der Waals surface area (Å²) in [7, 11) is 1.67. The Morgan fingerprint density at radius 1 is 1.12 bits per heavy atom. The minimum absolute atomic E-state index is 0.0176. The first-order chi connectivity index (χ1) is 19.9. The summed E-state index contributed by atoms with van der Waals surface area (Å²) >= 11 is 0. The van der Waals surface area contributed by atoms with Crippen LogP contribution in [0.4, 0.5) is 0 Å². The smallest absolute Gasteiger partial charge is 0.333 e. The van der Waals surface area contributed by atoms with Crippen molar-refractivity contribution in [3.8, 4) is 0 Å². The van der Waals surface area contributed by atoms with E-state index in [1.54, 1.807) is 21.0 Å². The summed E-state index contributed by atoms with van der Waals surface area (Å²) in [6, 6.07) is 0. The van der Waals surface area contributed by atoms with Crippen molar-refractivity contribution in [3.63, 3.8) is 0 Å². The molecule has 43 heavy (non-hydrogen) atoms. The Labute approximate surface area is 259 Å². The Morgan fingerprint density at radius 2 is 1.79 bits per heavy atom. The number of aliphatic hydroxyl groups excluding tert-OH is 2. The highest BCUT2D eigenvalue weighted by Crippen LogP contribution is 2.73. The molecule has 12 atom stereocenters. The van der Waals surface area contributed by atoms with Crippen LogP contribution < -0.4 is 0 Å². The summed E-state index contributed by atoms with van der Waals surface area (Å²) in [6.07, 6.45) is 7.75. The average Bonchev–Trinajstić information content (AvgIpc) is 3.51. The molecule has 0 aromatic carbocycles. The van der Waals surface area contributed by atoms with Gasteiger partial charge in [0.1, 0.15) is 12.2 Å². The molecule has 7 heteroatoms. The number of esters is 1. The first kappa shape index (κ1) is 33.1. The van der Waals surface area contributed by atoms with Crippen molar-refractivity contribution in [2.24, 2.45) is 45.3 Å². The Morgan fingerprint density at radius 3 is 2.40 bits per heavy atom. The second kappa shape index (κ2) is 10.9. The molecule has 5 aliphatic rings. The molecular formula is C36H58O7. The number of ether oxygens (including phenoxy) is 3. The first-order valence-electron chi connectivity index (χ1n) is 16.7. The Hall–Kier alpha value is -1.25. The highest BCUT2D eigenvalue weighted by molar-refractivity contribution is 5.87. The van der Waals surface area contributed by atoms with Crippen molar-refractivity contribution in [3.05, 3.63) is 23.3 Å². The highest BCUT2D eigenvalue weighted by atomic mass is 16.7. The predicted octanol–water partition coefficient (Wildman–Crippen LogP) is 5.95. The summed E-state index contributed by atoms with van der Waals surface area (Å²) in [5, 5.41) is 33.6. The van der Waals surface area contributed by atoms with Crippen LogP contribution in [0.5, 0.6) is 0 Å². The number of hydrogen-bond acceptors (Lipinski definition) is 7. The second-order valence-corrected chi connectivity index (χ2v) is 16.6. The molecule has 4 aliphatic carbocycles. The number of fused-ring (bicyclic) bond motifs is 5. The summed E-state index contributed by atoms with van der Waals surface area (Å²) in [6.45, 7) is 18.6. The van der Waals surface area contributed by atoms with Crippen molar-refractivity contribution >= 4 is 5.97 Å². The number of hydrogen-bond donors (Lipinski definition) is 3. The number of carbonyl (C=O) groups is 1. The van der Waals surface area contributed by atoms with Gasteiger partial charge >= 0.3 is 5.97 Å². The molecule has 1 saturated heterocycles. The molecule has 12 unspecified atom stereocenters. The zero-order chi connectivity index (χ0) is 31.9. The summed E-state index contributed by atoms with van der Waals surface area (Å²) in [5.74, 6) is 0.673. The van der Waals surface area contributed by atoms with Gasteiger partial charge in [0.05, 0.1) is 17.8 Å². The van der Waals surface area contributed by atoms with E-state index in [-0.39, 0.29) is 51.5 Å². The minimum atomic E-state index is -1.26. The van der Waals surface area contributed by atoms with Gasteiger partial charge < -0.3 is 29.5 Å². The summed E-state index contributed by atoms with van der Waals surface area (Å²) < 4.78 is 18.2. The molecule has 0 bridgehead atoms. The zero-order valence-electron chi connectivity index (χ0n) is 28.3. The molecule has 1 aliphatic heterocycles. The van der Waals surface area contributed by atoms with Crippen molar-refractivity contribution in [1.29, 1.82) is 0 Å². The van der Waals surface area contributed by atoms with Gasteiger partial charge in [0, 0.05) is 29.4 Å². The van der Waals surface area contributed by atoms with Gasteiger partial charge in [-0.05, 0) is 101 Å². The minimum Gasteiger partial charge on any atom is -0.458 e. The van der Waals surface area contributed by atoms with E-state index in [1.165, 1.54) is 5.57 Å². The Bertz CT molecular complexity index is 1150. The lowest BCUT2D eigenvalue weighted by molar-refractivity contribution is -0.220. The molecule has 0 radical (unpaired) electrons. The second-order valence-electron chi connectivity index (χ2n) is 16.6. The summed E-state index contributed by atoms with van der Waals surface area (Å²) in [5.41, 5.74) is 0.0766. The van der Waals surface area contributed by atoms with E-state index in [2.05, 4.69) is 40.7 Å². The molecule has 5 rings (SSSR count). The molecule has 3 saturated carbocycles. The molecule has 4 fully saturated rings. The predicted molar refractivity (Wildman–Crippen MR) is 166 cm³/mol. The van der Waals surface area contributed by atoms with Crippen LogP contribution >= 0.6 is 0 Å². The SMILES string of the molecule is CC=C(C)C(=O)OC1CCC2(C)C(CC(O)C3(C)C4=CCC(C5CC(C(O)C(C)(C)O)OC5OC)C4(C)CCC23)C1(C)C. The van der Waals surface area contributed by atoms with Gasteiger partial charge in [0.15, 0.2) is 6.29 Å². The highest BCUT2D eigenvalue weighted by Gasteiger charge is 2.69. The van der Waals surface area contributed by atoms with E-state index in [0.29, 0.717) is 24.3 Å². The molecular weight excluding hydrogens is 544 g/mol. The largest absolute Gasteiger partial charge is 0.458 e. The topological polar surface area (TPSA) is 105 Å². The quantitative estimate of drug-likeness (QED) is 0.196. The van der Waals surface area contributed by atoms with Crippen molar-refractivity contribution in [1.82, 2.24) is 0 Å². The Kier molecular flexibility index (Phi) is 8.42. The fourth-order valence-corrected chi connectivity index (χ4v) is 11.1. The number of aliphatic hydroxyl groups is 3. The number of methoxy groups -OCH3 is 1. The van der Waals surface area contributed by atoms with Crippen LogP contribution in [0.1, 0.15) is 107 Å². The normalized spacial score (nSPS) is 46.8. The van der Waals surface area contributed by atoms with Crippen LogP contribution in [0.25, 0.3) is 0 Å². The van der Waals surface area contributed by atoms with E-state index in [0.717, 1.165) is 32.1 Å². The van der Waals surface area contributed by atoms with Gasteiger partial charge in [-0.25, -0.2) is 4.79 Å². The lowest BCUT2D eigenvalue weighted by atomic mass is 9.37. The van der Waals surface area contributed by atoms with Crippen molar-refractivity contribution in [2.75, 3.05) is 7.11 Å². The lowest BCUT2D eigenvalue weighted by Gasteiger charge is -2.68. The van der Waals surface area contributed by atoms with Gasteiger partial charge in [-0.1, -0.05) is 52.3 Å². The summed E-state index contributed by atoms with van der Waals surface area (Å²) in [4.78, 5) is 12.8. The van der Waals surface area contributed by atoms with Crippen LogP contribution in [0.3, 0.4) is 0 Å². The maximum Gasteiger partial charge on any atom is 0.333 e. The molecule has 0 aromatic heterocycles. The number of allylic oxidation sites excluding steroid dienone is 2. The maximum atomic E-state index is 12.8. The first-order valence-corrected chi connectivity index (χ1v) is 16.7. The molecule has 0 aromatic rings. The third kappa shape index (κ3) is 4.90. The maximum absolute atomic E-state index is 12.8. The van der Waals surface area contributed by atoms with E-state index < -0.39 is 30.2 Å². The molecule has 244 valence electrons. The van der Waals surface area contributed by atoms with Crippen molar-refractivity contribution in [2.45, 2.75) is 144 Å². The van der Waals surface area contributed by atoms with Crippen LogP contribution in [-0.4, -0.2) is 64.7 Å². The number of rotatable bonds is 6. The molecule has 0 spiro atoms. The third-order valence-corrected chi connectivity index (χ3v) is 13.7. The van der Waals surface area contributed by atoms with Gasteiger partial charge in [-0.15, -0.1) is 0 Å². The average molecular weight is 603 g/mol. The van der Waals surface area contributed by atoms with E-state index in [4.69, 9.17) is 14.2 Å².